The highest BCUT2D eigenvalue weighted by atomic mass is 16.4. The zero-order valence-electron chi connectivity index (χ0n) is 13.8. The van der Waals surface area contributed by atoms with Crippen LogP contribution in [0.2, 0.25) is 0 Å². The van der Waals surface area contributed by atoms with E-state index >= 15 is 0 Å². The Bertz CT molecular complexity index is 388. The van der Waals surface area contributed by atoms with Gasteiger partial charge < -0.3 is 21.3 Å². The summed E-state index contributed by atoms with van der Waals surface area (Å²) >= 11 is 0. The molecule has 0 radical (unpaired) electrons. The third-order valence-electron chi connectivity index (χ3n) is 4.96. The maximum absolute atomic E-state index is 11.2. The van der Waals surface area contributed by atoms with Gasteiger partial charge in [0.15, 0.2) is 0 Å². The predicted molar refractivity (Wildman–Crippen MR) is 84.1 cm³/mol. The third-order valence-corrected chi connectivity index (χ3v) is 4.96. The van der Waals surface area contributed by atoms with Gasteiger partial charge in [0.2, 0.25) is 5.91 Å². The van der Waals surface area contributed by atoms with Gasteiger partial charge >= 0.3 is 5.97 Å². The molecule has 1 amide bonds. The highest BCUT2D eigenvalue weighted by Gasteiger charge is 2.45. The summed E-state index contributed by atoms with van der Waals surface area (Å²) in [5.41, 5.74) is 6.07. The second-order valence-electron chi connectivity index (χ2n) is 6.70. The standard InChI is InChI=1S/C16H30N2O4/c1-4-5-11(9(2)8-18-10(3)19)6-12-14(17)7-13(15(12)20)16(21)22/h9,11-15,20H,4-8,17H2,1-3H3,(H,18,19)(H,21,22)/t9?,11?,12-,13+,14-,15+/m1/s1. The van der Waals surface area contributed by atoms with Crippen molar-refractivity contribution in [3.8, 4) is 0 Å². The van der Waals surface area contributed by atoms with Gasteiger partial charge in [-0.2, -0.15) is 0 Å². The summed E-state index contributed by atoms with van der Waals surface area (Å²) in [4.78, 5) is 22.2. The molecule has 0 aromatic rings. The molecule has 1 aliphatic rings. The first-order valence-electron chi connectivity index (χ1n) is 8.18. The van der Waals surface area contributed by atoms with Gasteiger partial charge in [0.1, 0.15) is 0 Å². The third kappa shape index (κ3) is 4.95. The molecular weight excluding hydrogens is 284 g/mol. The molecule has 2 unspecified atom stereocenters. The van der Waals surface area contributed by atoms with E-state index in [-0.39, 0.29) is 23.8 Å². The average Bonchev–Trinajstić information content (AvgIpc) is 2.72. The van der Waals surface area contributed by atoms with E-state index in [9.17, 15) is 14.7 Å². The molecule has 6 heteroatoms. The molecule has 0 heterocycles. The van der Waals surface area contributed by atoms with Crippen LogP contribution in [0.25, 0.3) is 0 Å². The fourth-order valence-electron chi connectivity index (χ4n) is 3.55. The van der Waals surface area contributed by atoms with Crippen molar-refractivity contribution < 1.29 is 19.8 Å². The van der Waals surface area contributed by atoms with Crippen molar-refractivity contribution in [1.29, 1.82) is 0 Å². The Labute approximate surface area is 132 Å². The first-order chi connectivity index (χ1) is 10.3. The lowest BCUT2D eigenvalue weighted by Gasteiger charge is -2.29. The van der Waals surface area contributed by atoms with Crippen LogP contribution in [-0.4, -0.2) is 40.8 Å². The van der Waals surface area contributed by atoms with Gasteiger partial charge in [-0.05, 0) is 24.7 Å². The second-order valence-corrected chi connectivity index (χ2v) is 6.70. The van der Waals surface area contributed by atoms with E-state index in [1.807, 2.05) is 0 Å². The van der Waals surface area contributed by atoms with Crippen molar-refractivity contribution in [1.82, 2.24) is 5.32 Å². The normalized spacial score (nSPS) is 30.8. The van der Waals surface area contributed by atoms with Crippen LogP contribution in [0.15, 0.2) is 0 Å². The quantitative estimate of drug-likeness (QED) is 0.533. The Morgan fingerprint density at radius 1 is 1.41 bits per heavy atom. The molecule has 0 spiro atoms. The fourth-order valence-corrected chi connectivity index (χ4v) is 3.55. The van der Waals surface area contributed by atoms with Crippen molar-refractivity contribution in [2.24, 2.45) is 29.4 Å². The number of carbonyl (C=O) groups excluding carboxylic acids is 1. The molecule has 0 aromatic carbocycles. The Morgan fingerprint density at radius 3 is 2.50 bits per heavy atom. The summed E-state index contributed by atoms with van der Waals surface area (Å²) in [6, 6.07) is -0.275. The molecule has 22 heavy (non-hydrogen) atoms. The molecule has 6 nitrogen and oxygen atoms in total. The van der Waals surface area contributed by atoms with Crippen LogP contribution in [-0.2, 0) is 9.59 Å². The van der Waals surface area contributed by atoms with Crippen molar-refractivity contribution in [2.75, 3.05) is 6.54 Å². The number of carbonyl (C=O) groups is 2. The van der Waals surface area contributed by atoms with E-state index < -0.39 is 18.0 Å². The number of aliphatic carboxylic acids is 1. The minimum Gasteiger partial charge on any atom is -0.481 e. The maximum atomic E-state index is 11.2. The van der Waals surface area contributed by atoms with E-state index in [0.29, 0.717) is 25.3 Å². The molecular formula is C16H30N2O4. The smallest absolute Gasteiger partial charge is 0.309 e. The molecule has 1 aliphatic carbocycles. The van der Waals surface area contributed by atoms with Crippen molar-refractivity contribution >= 4 is 11.9 Å². The zero-order chi connectivity index (χ0) is 16.9. The Morgan fingerprint density at radius 2 is 2.05 bits per heavy atom. The summed E-state index contributed by atoms with van der Waals surface area (Å²) in [5, 5.41) is 22.3. The Hall–Kier alpha value is -1.14. The minimum absolute atomic E-state index is 0.0503. The SMILES string of the molecule is CCCC(C[C@H]1[C@H](O)[C@@H](C(=O)O)C[C@H]1N)C(C)CNC(C)=O. The lowest BCUT2D eigenvalue weighted by Crippen LogP contribution is -2.36. The predicted octanol–water partition coefficient (Wildman–Crippen LogP) is 0.974. The van der Waals surface area contributed by atoms with Gasteiger partial charge in [0.05, 0.1) is 12.0 Å². The highest BCUT2D eigenvalue weighted by Crippen LogP contribution is 2.37. The lowest BCUT2D eigenvalue weighted by molar-refractivity contribution is -0.145. The van der Waals surface area contributed by atoms with Gasteiger partial charge in [-0.3, -0.25) is 9.59 Å². The van der Waals surface area contributed by atoms with E-state index in [4.69, 9.17) is 10.8 Å². The number of hydrogen-bond acceptors (Lipinski definition) is 4. The second kappa shape index (κ2) is 8.48. The summed E-state index contributed by atoms with van der Waals surface area (Å²) in [7, 11) is 0. The summed E-state index contributed by atoms with van der Waals surface area (Å²) in [6.07, 6.45) is 2.16. The molecule has 1 rings (SSSR count). The van der Waals surface area contributed by atoms with Crippen LogP contribution in [0.5, 0.6) is 0 Å². The van der Waals surface area contributed by atoms with Crippen molar-refractivity contribution in [3.63, 3.8) is 0 Å². The average molecular weight is 314 g/mol. The number of aliphatic hydroxyl groups excluding tert-OH is 1. The van der Waals surface area contributed by atoms with Crippen LogP contribution < -0.4 is 11.1 Å². The first kappa shape index (κ1) is 18.9. The molecule has 1 saturated carbocycles. The maximum Gasteiger partial charge on any atom is 0.309 e. The van der Waals surface area contributed by atoms with Crippen LogP contribution in [0.3, 0.4) is 0 Å². The largest absolute Gasteiger partial charge is 0.481 e. The monoisotopic (exact) mass is 314 g/mol. The molecule has 1 fully saturated rings. The number of carboxylic acids is 1. The topological polar surface area (TPSA) is 113 Å². The van der Waals surface area contributed by atoms with Crippen LogP contribution >= 0.6 is 0 Å². The van der Waals surface area contributed by atoms with E-state index in [1.54, 1.807) is 0 Å². The van der Waals surface area contributed by atoms with Crippen LogP contribution in [0.1, 0.15) is 46.5 Å². The van der Waals surface area contributed by atoms with Crippen molar-refractivity contribution in [2.45, 2.75) is 58.6 Å². The number of rotatable bonds is 8. The molecule has 0 aromatic heterocycles. The van der Waals surface area contributed by atoms with Gasteiger partial charge in [0.25, 0.3) is 0 Å². The molecule has 0 bridgehead atoms. The van der Waals surface area contributed by atoms with E-state index in [0.717, 1.165) is 12.8 Å². The first-order valence-corrected chi connectivity index (χ1v) is 8.18. The van der Waals surface area contributed by atoms with Gasteiger partial charge in [-0.25, -0.2) is 0 Å². The van der Waals surface area contributed by atoms with Gasteiger partial charge in [-0.15, -0.1) is 0 Å². The van der Waals surface area contributed by atoms with E-state index in [2.05, 4.69) is 19.2 Å². The summed E-state index contributed by atoms with van der Waals surface area (Å²) in [5.74, 6) is -1.37. The molecule has 128 valence electrons. The Balaban J connectivity index is 2.69. The Kier molecular flexibility index (Phi) is 7.29. The van der Waals surface area contributed by atoms with E-state index in [1.165, 1.54) is 6.92 Å². The molecule has 0 aliphatic heterocycles. The summed E-state index contributed by atoms with van der Waals surface area (Å²) < 4.78 is 0. The molecule has 5 N–H and O–H groups in total. The lowest BCUT2D eigenvalue weighted by atomic mass is 9.80. The van der Waals surface area contributed by atoms with Crippen molar-refractivity contribution in [3.05, 3.63) is 0 Å². The van der Waals surface area contributed by atoms with Gasteiger partial charge in [0, 0.05) is 25.4 Å². The zero-order valence-corrected chi connectivity index (χ0v) is 13.8. The number of nitrogens with two attached hydrogens (primary N) is 1. The number of amides is 1. The number of nitrogens with one attached hydrogen (secondary N) is 1. The minimum atomic E-state index is -0.969. The number of carboxylic acid groups (broad SMARTS) is 1. The van der Waals surface area contributed by atoms with Crippen LogP contribution in [0, 0.1) is 23.7 Å². The molecule has 0 saturated heterocycles. The number of aliphatic hydroxyl groups is 1. The van der Waals surface area contributed by atoms with Crippen LogP contribution in [0.4, 0.5) is 0 Å². The highest BCUT2D eigenvalue weighted by molar-refractivity contribution is 5.72. The van der Waals surface area contributed by atoms with Gasteiger partial charge in [-0.1, -0.05) is 26.7 Å². The fraction of sp³-hybridized carbons (Fsp3) is 0.875. The number of hydrogen-bond donors (Lipinski definition) is 4. The summed E-state index contributed by atoms with van der Waals surface area (Å²) in [6.45, 7) is 6.27. The molecule has 6 atom stereocenters.